The molecule has 0 radical (unpaired) electrons. The van der Waals surface area contributed by atoms with Gasteiger partial charge in [-0.1, -0.05) is 5.92 Å². The Balaban J connectivity index is 1.81. The van der Waals surface area contributed by atoms with Gasteiger partial charge in [0.25, 0.3) is 0 Å². The Hall–Kier alpha value is -2.68. The van der Waals surface area contributed by atoms with E-state index in [9.17, 15) is 15.3 Å². The van der Waals surface area contributed by atoms with E-state index in [4.69, 9.17) is 10.5 Å². The molecule has 150 valence electrons. The first-order chi connectivity index (χ1) is 14.0. The van der Waals surface area contributed by atoms with Crippen molar-refractivity contribution in [2.75, 3.05) is 18.6 Å². The highest BCUT2D eigenvalue weighted by atomic mass is 32.2. The lowest BCUT2D eigenvalue weighted by Crippen LogP contribution is -2.33. The highest BCUT2D eigenvalue weighted by molar-refractivity contribution is 7.98. The highest BCUT2D eigenvalue weighted by Crippen LogP contribution is 2.33. The van der Waals surface area contributed by atoms with Gasteiger partial charge in [0.2, 0.25) is 0 Å². The van der Waals surface area contributed by atoms with E-state index >= 15 is 0 Å². The quantitative estimate of drug-likeness (QED) is 0.349. The first-order valence-electron chi connectivity index (χ1n) is 8.80. The lowest BCUT2D eigenvalue weighted by atomic mass is 10.1. The van der Waals surface area contributed by atoms with Gasteiger partial charge in [-0.3, -0.25) is 4.57 Å². The molecule has 1 saturated heterocycles. The van der Waals surface area contributed by atoms with Crippen molar-refractivity contribution in [3.63, 3.8) is 0 Å². The Kier molecular flexibility index (Phi) is 5.40. The van der Waals surface area contributed by atoms with Crippen LogP contribution in [0.4, 0.5) is 5.82 Å². The van der Waals surface area contributed by atoms with Crippen LogP contribution >= 0.6 is 11.8 Å². The van der Waals surface area contributed by atoms with Gasteiger partial charge in [-0.15, -0.1) is 11.8 Å². The van der Waals surface area contributed by atoms with E-state index in [0.717, 1.165) is 10.5 Å². The van der Waals surface area contributed by atoms with Crippen LogP contribution < -0.4 is 5.73 Å². The molecule has 10 heteroatoms. The summed E-state index contributed by atoms with van der Waals surface area (Å²) >= 11 is 1.64. The first kappa shape index (κ1) is 19.6. The maximum Gasteiger partial charge on any atom is 0.190 e. The molecule has 0 saturated carbocycles. The number of anilines is 1. The molecular weight excluding hydrogens is 394 g/mol. The summed E-state index contributed by atoms with van der Waals surface area (Å²) in [6.07, 6.45) is -1.27. The summed E-state index contributed by atoms with van der Waals surface area (Å²) in [5.74, 6) is 6.40. The van der Waals surface area contributed by atoms with Gasteiger partial charge in [0.15, 0.2) is 29.0 Å². The van der Waals surface area contributed by atoms with Crippen molar-refractivity contribution in [3.05, 3.63) is 42.0 Å². The summed E-state index contributed by atoms with van der Waals surface area (Å²) < 4.78 is 7.12. The lowest BCUT2D eigenvalue weighted by molar-refractivity contribution is -0.0514. The molecule has 2 aromatic heterocycles. The average Bonchev–Trinajstić information content (AvgIpc) is 3.25. The fourth-order valence-electron chi connectivity index (χ4n) is 3.15. The molecule has 9 nitrogen and oxygen atoms in total. The summed E-state index contributed by atoms with van der Waals surface area (Å²) in [6, 6.07) is 7.72. The molecule has 5 N–H and O–H groups in total. The number of ether oxygens (including phenoxy) is 1. The maximum atomic E-state index is 10.5. The smallest absolute Gasteiger partial charge is 0.190 e. The van der Waals surface area contributed by atoms with Crippen LogP contribution in [0.15, 0.2) is 35.5 Å². The number of nitrogens with zero attached hydrogens (tertiary/aromatic N) is 4. The van der Waals surface area contributed by atoms with Crippen LogP contribution in [0.2, 0.25) is 0 Å². The standard InChI is InChI=1S/C19H19N5O4S/c1-29-11-5-2-10(3-6-11)4-7-13-23-14-17(20)21-9-22-18(14)24(13)19-16(27)15(26)12(8-25)28-19/h2-3,5-6,9,12,15-16,19,25-27H,8H2,1H3,(H2,20,21,22)/t12-,15-,16-,19-/m1/s1. The fraction of sp³-hybridized carbons (Fsp3) is 0.316. The monoisotopic (exact) mass is 413 g/mol. The molecule has 0 amide bonds. The molecule has 4 atom stereocenters. The third kappa shape index (κ3) is 3.55. The lowest BCUT2D eigenvalue weighted by Gasteiger charge is -2.17. The van der Waals surface area contributed by atoms with Gasteiger partial charge < -0.3 is 25.8 Å². The minimum Gasteiger partial charge on any atom is -0.394 e. The summed E-state index contributed by atoms with van der Waals surface area (Å²) in [6.45, 7) is -0.443. The zero-order valence-electron chi connectivity index (χ0n) is 15.4. The number of aliphatic hydroxyl groups is 3. The van der Waals surface area contributed by atoms with Gasteiger partial charge in [0.1, 0.15) is 24.6 Å². The number of benzene rings is 1. The molecule has 1 aliphatic rings. The summed E-state index contributed by atoms with van der Waals surface area (Å²) in [5, 5.41) is 30.0. The fourth-order valence-corrected chi connectivity index (χ4v) is 3.56. The van der Waals surface area contributed by atoms with Crippen molar-refractivity contribution in [1.29, 1.82) is 0 Å². The van der Waals surface area contributed by atoms with Gasteiger partial charge in [-0.05, 0) is 36.4 Å². The Labute approximate surface area is 170 Å². The molecule has 3 aromatic rings. The first-order valence-corrected chi connectivity index (χ1v) is 10.0. The Morgan fingerprint density at radius 3 is 2.59 bits per heavy atom. The van der Waals surface area contributed by atoms with Gasteiger partial charge >= 0.3 is 0 Å². The van der Waals surface area contributed by atoms with Crippen molar-refractivity contribution in [1.82, 2.24) is 19.5 Å². The molecule has 0 bridgehead atoms. The molecule has 4 rings (SSSR count). The van der Waals surface area contributed by atoms with E-state index in [1.165, 1.54) is 10.9 Å². The van der Waals surface area contributed by atoms with Crippen LogP contribution in [-0.4, -0.2) is 66.0 Å². The zero-order valence-corrected chi connectivity index (χ0v) is 16.2. The molecule has 0 aliphatic carbocycles. The van der Waals surface area contributed by atoms with Gasteiger partial charge in [-0.2, -0.15) is 0 Å². The number of hydrogen-bond acceptors (Lipinski definition) is 9. The molecule has 1 aromatic carbocycles. The largest absolute Gasteiger partial charge is 0.394 e. The maximum absolute atomic E-state index is 10.5. The van der Waals surface area contributed by atoms with Crippen molar-refractivity contribution in [3.8, 4) is 11.8 Å². The van der Waals surface area contributed by atoms with E-state index in [1.807, 2.05) is 30.5 Å². The average molecular weight is 413 g/mol. The zero-order chi connectivity index (χ0) is 20.5. The van der Waals surface area contributed by atoms with Crippen molar-refractivity contribution in [2.45, 2.75) is 29.4 Å². The van der Waals surface area contributed by atoms with Gasteiger partial charge in [0.05, 0.1) is 6.61 Å². The second-order valence-electron chi connectivity index (χ2n) is 6.44. The highest BCUT2D eigenvalue weighted by Gasteiger charge is 2.44. The van der Waals surface area contributed by atoms with E-state index in [-0.39, 0.29) is 11.6 Å². The normalized spacial score (nSPS) is 23.9. The summed E-state index contributed by atoms with van der Waals surface area (Å²) in [5.41, 5.74) is 7.33. The number of rotatable bonds is 3. The van der Waals surface area contributed by atoms with Crippen molar-refractivity contribution < 1.29 is 20.1 Å². The molecule has 29 heavy (non-hydrogen) atoms. The van der Waals surface area contributed by atoms with Crippen LogP contribution in [0.5, 0.6) is 0 Å². The predicted molar refractivity (Wildman–Crippen MR) is 107 cm³/mol. The number of thioether (sulfide) groups is 1. The van der Waals surface area contributed by atoms with E-state index in [2.05, 4.69) is 26.8 Å². The van der Waals surface area contributed by atoms with Crippen LogP contribution in [0.3, 0.4) is 0 Å². The van der Waals surface area contributed by atoms with Crippen LogP contribution in [0.1, 0.15) is 17.6 Å². The van der Waals surface area contributed by atoms with Crippen LogP contribution in [-0.2, 0) is 4.74 Å². The SMILES string of the molecule is CSc1ccc(C#Cc2nc3c(N)ncnc3n2[C@@H]2O[C@H](CO)[C@@H](O)[C@H]2O)cc1. The number of hydrogen-bond donors (Lipinski definition) is 4. The number of imidazole rings is 1. The van der Waals surface area contributed by atoms with Crippen LogP contribution in [0, 0.1) is 11.8 Å². The third-order valence-electron chi connectivity index (χ3n) is 4.69. The minimum absolute atomic E-state index is 0.160. The molecular formula is C19H19N5O4S. The Morgan fingerprint density at radius 1 is 1.17 bits per heavy atom. The minimum atomic E-state index is -1.30. The Morgan fingerprint density at radius 2 is 1.93 bits per heavy atom. The van der Waals surface area contributed by atoms with E-state index in [0.29, 0.717) is 11.2 Å². The third-order valence-corrected chi connectivity index (χ3v) is 5.43. The topological polar surface area (TPSA) is 140 Å². The molecule has 1 aliphatic heterocycles. The summed E-state index contributed by atoms with van der Waals surface area (Å²) in [7, 11) is 0. The second-order valence-corrected chi connectivity index (χ2v) is 7.32. The van der Waals surface area contributed by atoms with Crippen LogP contribution in [0.25, 0.3) is 11.2 Å². The van der Waals surface area contributed by atoms with E-state index in [1.54, 1.807) is 11.8 Å². The van der Waals surface area contributed by atoms with Crippen molar-refractivity contribution in [2.24, 2.45) is 0 Å². The number of aliphatic hydroxyl groups excluding tert-OH is 3. The Bertz CT molecular complexity index is 1090. The number of aromatic nitrogens is 4. The number of nitrogen functional groups attached to an aromatic ring is 1. The predicted octanol–water partition coefficient (Wildman–Crippen LogP) is 0.142. The van der Waals surface area contributed by atoms with Gasteiger partial charge in [-0.25, -0.2) is 15.0 Å². The van der Waals surface area contributed by atoms with E-state index < -0.39 is 31.1 Å². The second kappa shape index (κ2) is 7.98. The number of fused-ring (bicyclic) bond motifs is 1. The number of nitrogens with two attached hydrogens (primary N) is 1. The van der Waals surface area contributed by atoms with Gasteiger partial charge in [0, 0.05) is 10.5 Å². The summed E-state index contributed by atoms with van der Waals surface area (Å²) in [4.78, 5) is 13.7. The molecule has 3 heterocycles. The molecule has 0 unspecified atom stereocenters. The molecule has 0 spiro atoms. The van der Waals surface area contributed by atoms with Crippen molar-refractivity contribution >= 4 is 28.7 Å². The molecule has 1 fully saturated rings.